The van der Waals surface area contributed by atoms with E-state index in [4.69, 9.17) is 4.74 Å². The predicted molar refractivity (Wildman–Crippen MR) is 88.0 cm³/mol. The maximum absolute atomic E-state index is 5.62. The second kappa shape index (κ2) is 8.34. The van der Waals surface area contributed by atoms with Crippen molar-refractivity contribution in [2.45, 2.75) is 52.2 Å². The highest BCUT2D eigenvalue weighted by molar-refractivity contribution is 7.09. The van der Waals surface area contributed by atoms with E-state index < -0.39 is 0 Å². The average molecular weight is 310 g/mol. The topological polar surface area (TPSA) is 58.5 Å². The molecule has 0 amide bonds. The van der Waals surface area contributed by atoms with Gasteiger partial charge in [-0.05, 0) is 19.8 Å². The lowest BCUT2D eigenvalue weighted by Crippen LogP contribution is -2.41. The van der Waals surface area contributed by atoms with E-state index >= 15 is 0 Å². The molecule has 1 aromatic rings. The summed E-state index contributed by atoms with van der Waals surface area (Å²) in [6, 6.07) is 0. The van der Waals surface area contributed by atoms with Crippen LogP contribution in [0.5, 0.6) is 0 Å². The number of hydrogen-bond acceptors (Lipinski definition) is 4. The molecule has 21 heavy (non-hydrogen) atoms. The normalized spacial score (nSPS) is 19.2. The first-order valence-electron chi connectivity index (χ1n) is 7.77. The number of rotatable bonds is 6. The van der Waals surface area contributed by atoms with Gasteiger partial charge in [-0.1, -0.05) is 13.8 Å². The minimum Gasteiger partial charge on any atom is -0.376 e. The van der Waals surface area contributed by atoms with Gasteiger partial charge in [0.1, 0.15) is 0 Å². The Balaban J connectivity index is 1.86. The molecule has 2 heterocycles. The van der Waals surface area contributed by atoms with Crippen molar-refractivity contribution in [3.05, 3.63) is 16.1 Å². The molecule has 1 atom stereocenters. The summed E-state index contributed by atoms with van der Waals surface area (Å²) in [6.07, 6.45) is 2.62. The van der Waals surface area contributed by atoms with E-state index in [1.54, 1.807) is 11.3 Å². The Morgan fingerprint density at radius 1 is 1.52 bits per heavy atom. The Morgan fingerprint density at radius 2 is 2.38 bits per heavy atom. The van der Waals surface area contributed by atoms with Crippen molar-refractivity contribution in [1.29, 1.82) is 0 Å². The van der Waals surface area contributed by atoms with Crippen molar-refractivity contribution >= 4 is 17.3 Å². The quantitative estimate of drug-likeness (QED) is 0.626. The van der Waals surface area contributed by atoms with Crippen LogP contribution < -0.4 is 10.6 Å². The highest BCUT2D eigenvalue weighted by atomic mass is 32.1. The molecule has 118 valence electrons. The number of aromatic nitrogens is 1. The third kappa shape index (κ3) is 5.28. The van der Waals surface area contributed by atoms with Crippen LogP contribution in [0.1, 0.15) is 50.2 Å². The molecule has 0 spiro atoms. The lowest BCUT2D eigenvalue weighted by molar-refractivity contribution is 0.114. The van der Waals surface area contributed by atoms with Crippen molar-refractivity contribution in [3.63, 3.8) is 0 Å². The van der Waals surface area contributed by atoms with Crippen LogP contribution in [0, 0.1) is 0 Å². The molecule has 1 saturated heterocycles. The van der Waals surface area contributed by atoms with Gasteiger partial charge in [-0.25, -0.2) is 9.98 Å². The predicted octanol–water partition coefficient (Wildman–Crippen LogP) is 2.50. The van der Waals surface area contributed by atoms with Crippen LogP contribution in [-0.2, 0) is 11.3 Å². The van der Waals surface area contributed by atoms with Crippen LogP contribution >= 0.6 is 11.3 Å². The van der Waals surface area contributed by atoms with Crippen LogP contribution in [-0.4, -0.2) is 36.7 Å². The largest absolute Gasteiger partial charge is 0.376 e. The number of thiazole rings is 1. The van der Waals surface area contributed by atoms with Gasteiger partial charge < -0.3 is 15.4 Å². The van der Waals surface area contributed by atoms with Crippen molar-refractivity contribution in [2.75, 3.05) is 19.7 Å². The highest BCUT2D eigenvalue weighted by Gasteiger charge is 2.15. The molecule has 1 aliphatic rings. The van der Waals surface area contributed by atoms with E-state index in [0.717, 1.165) is 44.2 Å². The summed E-state index contributed by atoms with van der Waals surface area (Å²) in [5, 5.41) is 9.90. The Morgan fingerprint density at radius 3 is 3.00 bits per heavy atom. The molecule has 0 aromatic carbocycles. The summed E-state index contributed by atoms with van der Waals surface area (Å²) < 4.78 is 5.62. The Kier molecular flexibility index (Phi) is 6.45. The van der Waals surface area contributed by atoms with E-state index in [2.05, 4.69) is 46.8 Å². The van der Waals surface area contributed by atoms with Crippen LogP contribution in [0.2, 0.25) is 0 Å². The van der Waals surface area contributed by atoms with Gasteiger partial charge >= 0.3 is 0 Å². The summed E-state index contributed by atoms with van der Waals surface area (Å²) in [4.78, 5) is 9.21. The fourth-order valence-corrected chi connectivity index (χ4v) is 3.00. The van der Waals surface area contributed by atoms with Gasteiger partial charge in [0.25, 0.3) is 0 Å². The van der Waals surface area contributed by atoms with Gasteiger partial charge in [-0.15, -0.1) is 11.3 Å². The Hall–Kier alpha value is -1.14. The van der Waals surface area contributed by atoms with E-state index in [9.17, 15) is 0 Å². The third-order valence-electron chi connectivity index (χ3n) is 3.33. The molecule has 0 bridgehead atoms. The molecular formula is C15H26N4OS. The van der Waals surface area contributed by atoms with Gasteiger partial charge in [-0.3, -0.25) is 0 Å². The minimum absolute atomic E-state index is 0.320. The van der Waals surface area contributed by atoms with E-state index in [1.165, 1.54) is 5.01 Å². The lowest BCUT2D eigenvalue weighted by Gasteiger charge is -2.14. The monoisotopic (exact) mass is 310 g/mol. The Labute approximate surface area is 131 Å². The van der Waals surface area contributed by atoms with E-state index in [-0.39, 0.29) is 0 Å². The summed E-state index contributed by atoms with van der Waals surface area (Å²) >= 11 is 1.72. The lowest BCUT2D eigenvalue weighted by atomic mass is 10.2. The highest BCUT2D eigenvalue weighted by Crippen LogP contribution is 2.19. The van der Waals surface area contributed by atoms with E-state index in [0.29, 0.717) is 18.6 Å². The molecular weight excluding hydrogens is 284 g/mol. The smallest absolute Gasteiger partial charge is 0.191 e. The van der Waals surface area contributed by atoms with E-state index in [1.807, 2.05) is 0 Å². The van der Waals surface area contributed by atoms with Crippen molar-refractivity contribution in [1.82, 2.24) is 15.6 Å². The SMILES string of the molecule is CCNC(=NCc1csc(C(C)C)n1)NCC1CCCO1. The molecule has 5 nitrogen and oxygen atoms in total. The summed E-state index contributed by atoms with van der Waals surface area (Å²) in [7, 11) is 0. The third-order valence-corrected chi connectivity index (χ3v) is 4.52. The number of nitrogens with zero attached hydrogens (tertiary/aromatic N) is 2. The first-order valence-corrected chi connectivity index (χ1v) is 8.65. The van der Waals surface area contributed by atoms with Crippen LogP contribution in [0.4, 0.5) is 0 Å². The summed E-state index contributed by atoms with van der Waals surface area (Å²) in [6.45, 7) is 9.58. The fraction of sp³-hybridized carbons (Fsp3) is 0.733. The zero-order valence-electron chi connectivity index (χ0n) is 13.2. The zero-order valence-corrected chi connectivity index (χ0v) is 14.0. The fourth-order valence-electron chi connectivity index (χ4n) is 2.18. The minimum atomic E-state index is 0.320. The Bertz CT molecular complexity index is 452. The molecule has 0 radical (unpaired) electrons. The first kappa shape index (κ1) is 16.2. The first-order chi connectivity index (χ1) is 10.2. The standard InChI is InChI=1S/C15H26N4OS/c1-4-16-15(18-9-13-6-5-7-20-13)17-8-12-10-21-14(19-12)11(2)3/h10-11,13H,4-9H2,1-3H3,(H2,16,17,18). The molecule has 2 rings (SSSR count). The zero-order chi connectivity index (χ0) is 15.1. The molecule has 6 heteroatoms. The van der Waals surface area contributed by atoms with Crippen LogP contribution in [0.15, 0.2) is 10.4 Å². The van der Waals surface area contributed by atoms with Crippen molar-refractivity contribution in [2.24, 2.45) is 4.99 Å². The number of ether oxygens (including phenoxy) is 1. The van der Waals surface area contributed by atoms with Crippen LogP contribution in [0.3, 0.4) is 0 Å². The van der Waals surface area contributed by atoms with Gasteiger partial charge in [0.2, 0.25) is 0 Å². The second-order valence-electron chi connectivity index (χ2n) is 5.54. The summed E-state index contributed by atoms with van der Waals surface area (Å²) in [5.74, 6) is 1.32. The van der Waals surface area contributed by atoms with Crippen molar-refractivity contribution in [3.8, 4) is 0 Å². The molecule has 1 fully saturated rings. The molecule has 2 N–H and O–H groups in total. The number of aliphatic imine (C=N–C) groups is 1. The van der Waals surface area contributed by atoms with Crippen molar-refractivity contribution < 1.29 is 4.74 Å². The maximum atomic E-state index is 5.62. The molecule has 1 unspecified atom stereocenters. The average Bonchev–Trinajstić information content (AvgIpc) is 3.13. The van der Waals surface area contributed by atoms with Gasteiger partial charge in [-0.2, -0.15) is 0 Å². The number of guanidine groups is 1. The van der Waals surface area contributed by atoms with Crippen LogP contribution in [0.25, 0.3) is 0 Å². The number of nitrogens with one attached hydrogen (secondary N) is 2. The summed E-state index contributed by atoms with van der Waals surface area (Å²) in [5.41, 5.74) is 1.04. The van der Waals surface area contributed by atoms with Gasteiger partial charge in [0.15, 0.2) is 5.96 Å². The number of hydrogen-bond donors (Lipinski definition) is 2. The maximum Gasteiger partial charge on any atom is 0.191 e. The second-order valence-corrected chi connectivity index (χ2v) is 6.43. The molecule has 1 aliphatic heterocycles. The molecule has 1 aromatic heterocycles. The molecule has 0 saturated carbocycles. The molecule has 0 aliphatic carbocycles. The van der Waals surface area contributed by atoms with Gasteiger partial charge in [0, 0.05) is 31.0 Å². The van der Waals surface area contributed by atoms with Gasteiger partial charge in [0.05, 0.1) is 23.4 Å².